The van der Waals surface area contributed by atoms with Gasteiger partial charge in [0.05, 0.1) is 24.7 Å². The first-order valence-corrected chi connectivity index (χ1v) is 7.97. The van der Waals surface area contributed by atoms with Crippen LogP contribution in [-0.4, -0.2) is 29.8 Å². The largest absolute Gasteiger partial charge is 0.496 e. The van der Waals surface area contributed by atoms with Gasteiger partial charge in [-0.25, -0.2) is 4.39 Å². The minimum absolute atomic E-state index is 0.0779. The Bertz CT molecular complexity index is 444. The van der Waals surface area contributed by atoms with Gasteiger partial charge in [0.25, 0.3) is 0 Å². The first kappa shape index (κ1) is 14.5. The summed E-state index contributed by atoms with van der Waals surface area (Å²) in [6.45, 7) is 0.755. The van der Waals surface area contributed by atoms with E-state index in [1.165, 1.54) is 19.2 Å². The van der Waals surface area contributed by atoms with Crippen molar-refractivity contribution in [3.63, 3.8) is 0 Å². The maximum atomic E-state index is 13.2. The fourth-order valence-corrected chi connectivity index (χ4v) is 3.61. The highest BCUT2D eigenvalue weighted by molar-refractivity contribution is 7.84. The van der Waals surface area contributed by atoms with Crippen molar-refractivity contribution in [3.05, 3.63) is 29.6 Å². The number of benzene rings is 1. The van der Waals surface area contributed by atoms with Gasteiger partial charge in [0, 0.05) is 23.0 Å². The molecule has 3 nitrogen and oxygen atoms in total. The number of hydrogen-bond donors (Lipinski definition) is 0. The van der Waals surface area contributed by atoms with Crippen molar-refractivity contribution in [1.82, 2.24) is 0 Å². The third-order valence-electron chi connectivity index (χ3n) is 3.20. The summed E-state index contributed by atoms with van der Waals surface area (Å²) in [5.41, 5.74) is 0.650. The van der Waals surface area contributed by atoms with Crippen molar-refractivity contribution in [2.45, 2.75) is 31.1 Å². The molecule has 0 radical (unpaired) electrons. The molecule has 5 heteroatoms. The Morgan fingerprint density at radius 2 is 2.32 bits per heavy atom. The fourth-order valence-electron chi connectivity index (χ4n) is 2.24. The van der Waals surface area contributed by atoms with Gasteiger partial charge in [-0.3, -0.25) is 4.21 Å². The van der Waals surface area contributed by atoms with E-state index in [1.807, 2.05) is 0 Å². The van der Waals surface area contributed by atoms with Gasteiger partial charge in [0.15, 0.2) is 0 Å². The van der Waals surface area contributed by atoms with Crippen LogP contribution in [0.5, 0.6) is 5.75 Å². The van der Waals surface area contributed by atoms with Gasteiger partial charge in [0.2, 0.25) is 0 Å². The van der Waals surface area contributed by atoms with E-state index in [0.29, 0.717) is 22.8 Å². The normalized spacial score (nSPS) is 21.1. The molecule has 1 aromatic rings. The molecule has 0 aliphatic carbocycles. The molecule has 1 aliphatic heterocycles. The van der Waals surface area contributed by atoms with Crippen LogP contribution in [-0.2, 0) is 21.3 Å². The molecule has 0 amide bonds. The predicted molar refractivity (Wildman–Crippen MR) is 73.3 cm³/mol. The van der Waals surface area contributed by atoms with Crippen molar-refractivity contribution < 1.29 is 18.1 Å². The Balaban J connectivity index is 1.95. The van der Waals surface area contributed by atoms with E-state index < -0.39 is 10.8 Å². The molecule has 1 heterocycles. The minimum Gasteiger partial charge on any atom is -0.496 e. The third-order valence-corrected chi connectivity index (χ3v) is 4.58. The van der Waals surface area contributed by atoms with Crippen LogP contribution in [0.25, 0.3) is 0 Å². The summed E-state index contributed by atoms with van der Waals surface area (Å²) in [6, 6.07) is 4.30. The summed E-state index contributed by atoms with van der Waals surface area (Å²) < 4.78 is 36.1. The molecule has 106 valence electrons. The van der Waals surface area contributed by atoms with E-state index in [4.69, 9.17) is 9.47 Å². The molecule has 0 saturated carbocycles. The molecule has 2 unspecified atom stereocenters. The lowest BCUT2D eigenvalue weighted by atomic mass is 10.1. The molecule has 2 atom stereocenters. The number of hydrogen-bond acceptors (Lipinski definition) is 3. The van der Waals surface area contributed by atoms with Gasteiger partial charge in [-0.2, -0.15) is 0 Å². The number of halogens is 1. The van der Waals surface area contributed by atoms with Crippen LogP contribution >= 0.6 is 0 Å². The fraction of sp³-hybridized carbons (Fsp3) is 0.571. The lowest BCUT2D eigenvalue weighted by Crippen LogP contribution is -2.25. The lowest BCUT2D eigenvalue weighted by molar-refractivity contribution is 0.0310. The van der Waals surface area contributed by atoms with Crippen LogP contribution in [0.1, 0.15) is 24.8 Å². The van der Waals surface area contributed by atoms with Crippen molar-refractivity contribution in [3.8, 4) is 5.75 Å². The monoisotopic (exact) mass is 286 g/mol. The van der Waals surface area contributed by atoms with Gasteiger partial charge in [0.1, 0.15) is 11.6 Å². The average molecular weight is 286 g/mol. The van der Waals surface area contributed by atoms with Crippen LogP contribution in [0.3, 0.4) is 0 Å². The van der Waals surface area contributed by atoms with Crippen molar-refractivity contribution in [2.75, 3.05) is 19.5 Å². The molecule has 0 bridgehead atoms. The minimum atomic E-state index is -1.06. The summed E-state index contributed by atoms with van der Waals surface area (Å²) in [7, 11) is 0.471. The van der Waals surface area contributed by atoms with Crippen LogP contribution < -0.4 is 4.74 Å². The van der Waals surface area contributed by atoms with Gasteiger partial charge in [-0.1, -0.05) is 0 Å². The highest BCUT2D eigenvalue weighted by Gasteiger charge is 2.18. The Labute approximate surface area is 115 Å². The topological polar surface area (TPSA) is 35.5 Å². The Morgan fingerprint density at radius 1 is 1.47 bits per heavy atom. The van der Waals surface area contributed by atoms with Crippen LogP contribution in [0.15, 0.2) is 18.2 Å². The highest BCUT2D eigenvalue weighted by Crippen LogP contribution is 2.22. The molecule has 0 aromatic heterocycles. The zero-order valence-electron chi connectivity index (χ0n) is 11.1. The maximum Gasteiger partial charge on any atom is 0.123 e. The SMILES string of the molecule is COc1ccc(F)cc1CS(=O)CC1CCCCO1. The van der Waals surface area contributed by atoms with Gasteiger partial charge >= 0.3 is 0 Å². The van der Waals surface area contributed by atoms with Crippen molar-refractivity contribution in [1.29, 1.82) is 0 Å². The van der Waals surface area contributed by atoms with Gasteiger partial charge in [-0.05, 0) is 37.5 Å². The zero-order chi connectivity index (χ0) is 13.7. The summed E-state index contributed by atoms with van der Waals surface area (Å²) in [6.07, 6.45) is 3.26. The van der Waals surface area contributed by atoms with Crippen LogP contribution in [0, 0.1) is 5.82 Å². The number of methoxy groups -OCH3 is 1. The molecule has 1 fully saturated rings. The highest BCUT2D eigenvalue weighted by atomic mass is 32.2. The second kappa shape index (κ2) is 7.01. The summed E-state index contributed by atoms with van der Waals surface area (Å²) in [5, 5.41) is 0. The number of rotatable bonds is 5. The number of ether oxygens (including phenoxy) is 2. The van der Waals surface area contributed by atoms with Crippen molar-refractivity contribution >= 4 is 10.8 Å². The standard InChI is InChI=1S/C14H19FO3S/c1-17-14-6-5-12(15)8-11(14)9-19(16)10-13-4-2-3-7-18-13/h5-6,8,13H,2-4,7,9-10H2,1H3. The summed E-state index contributed by atoms with van der Waals surface area (Å²) in [5.74, 6) is 1.07. The van der Waals surface area contributed by atoms with Gasteiger partial charge in [-0.15, -0.1) is 0 Å². The quantitative estimate of drug-likeness (QED) is 0.835. The van der Waals surface area contributed by atoms with E-state index >= 15 is 0 Å². The second-order valence-corrected chi connectivity index (χ2v) is 6.20. The Morgan fingerprint density at radius 3 is 3.00 bits per heavy atom. The molecule has 2 rings (SSSR count). The summed E-state index contributed by atoms with van der Waals surface area (Å²) in [4.78, 5) is 0. The molecule has 0 spiro atoms. The van der Waals surface area contributed by atoms with E-state index in [1.54, 1.807) is 6.07 Å². The average Bonchev–Trinajstić information content (AvgIpc) is 2.40. The van der Waals surface area contributed by atoms with Crippen LogP contribution in [0.2, 0.25) is 0 Å². The molecule has 1 saturated heterocycles. The van der Waals surface area contributed by atoms with Crippen LogP contribution in [0.4, 0.5) is 4.39 Å². The molecule has 19 heavy (non-hydrogen) atoms. The van der Waals surface area contributed by atoms with Gasteiger partial charge < -0.3 is 9.47 Å². The third kappa shape index (κ3) is 4.28. The Kier molecular flexibility index (Phi) is 5.34. The predicted octanol–water partition coefficient (Wildman–Crippen LogP) is 2.65. The molecular weight excluding hydrogens is 267 g/mol. The van der Waals surface area contributed by atoms with E-state index in [2.05, 4.69) is 0 Å². The first-order chi connectivity index (χ1) is 9.19. The molecule has 1 aromatic carbocycles. The zero-order valence-corrected chi connectivity index (χ0v) is 11.9. The first-order valence-electron chi connectivity index (χ1n) is 6.48. The molecule has 1 aliphatic rings. The second-order valence-electron chi connectivity index (χ2n) is 4.70. The summed E-state index contributed by atoms with van der Waals surface area (Å²) >= 11 is 0. The maximum absolute atomic E-state index is 13.2. The van der Waals surface area contributed by atoms with E-state index in [0.717, 1.165) is 25.9 Å². The van der Waals surface area contributed by atoms with E-state index in [9.17, 15) is 8.60 Å². The van der Waals surface area contributed by atoms with E-state index in [-0.39, 0.29) is 11.9 Å². The lowest BCUT2D eigenvalue weighted by Gasteiger charge is -2.22. The van der Waals surface area contributed by atoms with Crippen molar-refractivity contribution in [2.24, 2.45) is 0 Å². The molecular formula is C14H19FO3S. The molecule has 0 N–H and O–H groups in total. The Hall–Kier alpha value is -0.940. The smallest absolute Gasteiger partial charge is 0.123 e.